The Balaban J connectivity index is 3.11. The van der Waals surface area contributed by atoms with Crippen LogP contribution >= 0.6 is 0 Å². The minimum atomic E-state index is -0.0827. The highest BCUT2D eigenvalue weighted by atomic mass is 15.1. The minimum absolute atomic E-state index is 0.0827. The van der Waals surface area contributed by atoms with E-state index >= 15 is 0 Å². The van der Waals surface area contributed by atoms with E-state index in [4.69, 9.17) is 5.73 Å². The van der Waals surface area contributed by atoms with E-state index in [2.05, 4.69) is 29.3 Å². The van der Waals surface area contributed by atoms with Gasteiger partial charge in [-0.15, -0.1) is 0 Å². The second-order valence-corrected chi connectivity index (χ2v) is 3.08. The first-order valence-corrected chi connectivity index (χ1v) is 4.25. The first-order chi connectivity index (χ1) is 5.63. The summed E-state index contributed by atoms with van der Waals surface area (Å²) in [7, 11) is 4.11. The molecule has 0 fully saturated rings. The Labute approximate surface area is 74.8 Å². The lowest BCUT2D eigenvalue weighted by atomic mass is 10.5. The van der Waals surface area contributed by atoms with Crippen molar-refractivity contribution >= 4 is 6.21 Å². The van der Waals surface area contributed by atoms with Gasteiger partial charge in [0.15, 0.2) is 0 Å². The molecular formula is C8H20N4. The molecule has 4 nitrogen and oxygen atoms in total. The summed E-state index contributed by atoms with van der Waals surface area (Å²) in [5.41, 5.74) is 5.42. The number of nitrogens with two attached hydrogens (primary N) is 1. The van der Waals surface area contributed by atoms with Gasteiger partial charge in [0.25, 0.3) is 0 Å². The van der Waals surface area contributed by atoms with Gasteiger partial charge in [-0.25, -0.2) is 0 Å². The van der Waals surface area contributed by atoms with Crippen molar-refractivity contribution in [3.8, 4) is 0 Å². The second-order valence-electron chi connectivity index (χ2n) is 3.08. The van der Waals surface area contributed by atoms with Crippen LogP contribution < -0.4 is 11.1 Å². The highest BCUT2D eigenvalue weighted by Gasteiger charge is 1.87. The largest absolute Gasteiger partial charge is 0.310 e. The molecule has 0 aromatic carbocycles. The molecule has 12 heavy (non-hydrogen) atoms. The number of hydrogen-bond donors (Lipinski definition) is 2. The summed E-state index contributed by atoms with van der Waals surface area (Å²) in [6.07, 6.45) is 1.74. The van der Waals surface area contributed by atoms with Gasteiger partial charge in [-0.3, -0.25) is 4.99 Å². The lowest BCUT2D eigenvalue weighted by Crippen LogP contribution is -2.28. The van der Waals surface area contributed by atoms with Crippen LogP contribution in [0.4, 0.5) is 0 Å². The van der Waals surface area contributed by atoms with Gasteiger partial charge < -0.3 is 16.0 Å². The fourth-order valence-electron chi connectivity index (χ4n) is 0.688. The van der Waals surface area contributed by atoms with E-state index < -0.39 is 0 Å². The Kier molecular flexibility index (Phi) is 6.94. The summed E-state index contributed by atoms with van der Waals surface area (Å²) in [6, 6.07) is 0. The highest BCUT2D eigenvalue weighted by Crippen LogP contribution is 1.73. The molecule has 0 aromatic heterocycles. The van der Waals surface area contributed by atoms with Crippen molar-refractivity contribution in [1.29, 1.82) is 0 Å². The molecule has 0 radical (unpaired) electrons. The van der Waals surface area contributed by atoms with E-state index in [0.29, 0.717) is 0 Å². The lowest BCUT2D eigenvalue weighted by molar-refractivity contribution is 0.405. The molecule has 1 atom stereocenters. The van der Waals surface area contributed by atoms with Gasteiger partial charge in [-0.2, -0.15) is 0 Å². The third-order valence-corrected chi connectivity index (χ3v) is 1.31. The number of hydrogen-bond acceptors (Lipinski definition) is 4. The quantitative estimate of drug-likeness (QED) is 0.420. The molecule has 0 amide bonds. The molecule has 0 aromatic rings. The van der Waals surface area contributed by atoms with E-state index in [1.165, 1.54) is 0 Å². The summed E-state index contributed by atoms with van der Waals surface area (Å²) < 4.78 is 0. The minimum Gasteiger partial charge on any atom is -0.310 e. The van der Waals surface area contributed by atoms with Gasteiger partial charge in [0.2, 0.25) is 0 Å². The summed E-state index contributed by atoms with van der Waals surface area (Å²) in [4.78, 5) is 6.15. The van der Waals surface area contributed by atoms with Crippen LogP contribution in [-0.4, -0.2) is 51.0 Å². The topological polar surface area (TPSA) is 53.6 Å². The fraction of sp³-hybridized carbons (Fsp3) is 0.875. The zero-order valence-corrected chi connectivity index (χ0v) is 8.25. The number of nitrogens with one attached hydrogen (secondary N) is 1. The number of aliphatic imine (C=N–C) groups is 1. The normalized spacial score (nSPS) is 14.4. The second kappa shape index (κ2) is 7.21. The zero-order chi connectivity index (χ0) is 9.40. The average molecular weight is 172 g/mol. The SMILES string of the molecule is CC(N)/N=C\CNCCN(C)C. The first kappa shape index (κ1) is 11.6. The Bertz CT molecular complexity index is 120. The Morgan fingerprint density at radius 3 is 2.75 bits per heavy atom. The van der Waals surface area contributed by atoms with Gasteiger partial charge >= 0.3 is 0 Å². The van der Waals surface area contributed by atoms with Gasteiger partial charge in [-0.1, -0.05) is 0 Å². The Hall–Kier alpha value is -0.450. The molecule has 0 saturated heterocycles. The number of nitrogens with zero attached hydrogens (tertiary/aromatic N) is 2. The van der Waals surface area contributed by atoms with E-state index in [-0.39, 0.29) is 6.17 Å². The molecule has 0 heterocycles. The van der Waals surface area contributed by atoms with Crippen LogP contribution in [-0.2, 0) is 0 Å². The molecule has 0 rings (SSSR count). The van der Waals surface area contributed by atoms with Crippen LogP contribution in [0.2, 0.25) is 0 Å². The van der Waals surface area contributed by atoms with Gasteiger partial charge in [0.1, 0.15) is 0 Å². The molecule has 0 bridgehead atoms. The van der Waals surface area contributed by atoms with Crippen molar-refractivity contribution in [2.45, 2.75) is 13.1 Å². The molecule has 72 valence electrons. The van der Waals surface area contributed by atoms with Crippen LogP contribution in [0.25, 0.3) is 0 Å². The van der Waals surface area contributed by atoms with Crippen molar-refractivity contribution in [3.63, 3.8) is 0 Å². The number of rotatable bonds is 6. The smallest absolute Gasteiger partial charge is 0.0937 e. The summed E-state index contributed by atoms with van der Waals surface area (Å²) in [6.45, 7) is 4.69. The Morgan fingerprint density at radius 2 is 2.25 bits per heavy atom. The van der Waals surface area contributed by atoms with Crippen LogP contribution in [0, 0.1) is 0 Å². The summed E-state index contributed by atoms with van der Waals surface area (Å²) in [5, 5.41) is 3.23. The summed E-state index contributed by atoms with van der Waals surface area (Å²) in [5.74, 6) is 0. The van der Waals surface area contributed by atoms with Crippen LogP contribution in [0.15, 0.2) is 4.99 Å². The third-order valence-electron chi connectivity index (χ3n) is 1.31. The Morgan fingerprint density at radius 1 is 1.58 bits per heavy atom. The molecule has 3 N–H and O–H groups in total. The van der Waals surface area contributed by atoms with Crippen molar-refractivity contribution in [3.05, 3.63) is 0 Å². The van der Waals surface area contributed by atoms with E-state index in [9.17, 15) is 0 Å². The number of likely N-dealkylation sites (N-methyl/N-ethyl adjacent to an activating group) is 1. The maximum atomic E-state index is 5.42. The average Bonchev–Trinajstić information content (AvgIpc) is 1.95. The van der Waals surface area contributed by atoms with Crippen molar-refractivity contribution in [2.75, 3.05) is 33.7 Å². The van der Waals surface area contributed by atoms with Crippen LogP contribution in [0.5, 0.6) is 0 Å². The van der Waals surface area contributed by atoms with Crippen LogP contribution in [0.1, 0.15) is 6.92 Å². The zero-order valence-electron chi connectivity index (χ0n) is 8.25. The van der Waals surface area contributed by atoms with Gasteiger partial charge in [0, 0.05) is 25.8 Å². The molecule has 0 aliphatic carbocycles. The monoisotopic (exact) mass is 172 g/mol. The predicted octanol–water partition coefficient (Wildman–Crippen LogP) is -0.487. The van der Waals surface area contributed by atoms with Crippen molar-refractivity contribution in [2.24, 2.45) is 10.7 Å². The molecule has 4 heteroatoms. The predicted molar refractivity (Wildman–Crippen MR) is 53.6 cm³/mol. The van der Waals surface area contributed by atoms with E-state index in [1.54, 1.807) is 0 Å². The van der Waals surface area contributed by atoms with Crippen molar-refractivity contribution < 1.29 is 0 Å². The molecule has 0 spiro atoms. The lowest BCUT2D eigenvalue weighted by Gasteiger charge is -2.08. The standard InChI is InChI=1S/C8H20N4/c1-8(9)11-5-4-10-6-7-12(2)3/h5,8,10H,4,6-7,9H2,1-3H3/b11-5-. The molecule has 0 aliphatic heterocycles. The van der Waals surface area contributed by atoms with E-state index in [0.717, 1.165) is 19.6 Å². The third kappa shape index (κ3) is 9.55. The first-order valence-electron chi connectivity index (χ1n) is 4.25. The fourth-order valence-corrected chi connectivity index (χ4v) is 0.688. The molecule has 0 aliphatic rings. The van der Waals surface area contributed by atoms with E-state index in [1.807, 2.05) is 13.1 Å². The highest BCUT2D eigenvalue weighted by molar-refractivity contribution is 5.59. The molecule has 1 unspecified atom stereocenters. The van der Waals surface area contributed by atoms with Gasteiger partial charge in [-0.05, 0) is 21.0 Å². The summed E-state index contributed by atoms with van der Waals surface area (Å²) >= 11 is 0. The maximum absolute atomic E-state index is 5.42. The van der Waals surface area contributed by atoms with Crippen molar-refractivity contribution in [1.82, 2.24) is 10.2 Å². The van der Waals surface area contributed by atoms with Gasteiger partial charge in [0.05, 0.1) is 6.17 Å². The molecular weight excluding hydrogens is 152 g/mol. The van der Waals surface area contributed by atoms with Crippen LogP contribution in [0.3, 0.4) is 0 Å². The molecule has 0 saturated carbocycles. The maximum Gasteiger partial charge on any atom is 0.0937 e.